The fourth-order valence-electron chi connectivity index (χ4n) is 3.06. The molecule has 0 aliphatic heterocycles. The van der Waals surface area contributed by atoms with Crippen LogP contribution in [0.2, 0.25) is 0 Å². The van der Waals surface area contributed by atoms with Crippen LogP contribution in [0.15, 0.2) is 58.9 Å². The molecule has 0 aliphatic rings. The van der Waals surface area contributed by atoms with Crippen molar-refractivity contribution in [2.75, 3.05) is 4.72 Å². The summed E-state index contributed by atoms with van der Waals surface area (Å²) in [5.74, 6) is -1.53. The fraction of sp³-hybridized carbons (Fsp3) is 0.0952. The number of hydrogen-bond donors (Lipinski definition) is 1. The molecule has 2 aromatic heterocycles. The molecule has 0 amide bonds. The summed E-state index contributed by atoms with van der Waals surface area (Å²) in [5.41, 5.74) is -1.75. The van der Waals surface area contributed by atoms with Crippen molar-refractivity contribution in [2.24, 2.45) is 7.05 Å². The number of halogens is 4. The molecule has 4 aromatic rings. The first kappa shape index (κ1) is 24.2. The van der Waals surface area contributed by atoms with Crippen LogP contribution < -0.4 is 9.46 Å². The zero-order valence-corrected chi connectivity index (χ0v) is 19.2. The predicted molar refractivity (Wildman–Crippen MR) is 118 cm³/mol. The average molecular weight is 523 g/mol. The molecule has 1 N–H and O–H groups in total. The average Bonchev–Trinajstić information content (AvgIpc) is 3.44. The Bertz CT molecular complexity index is 1540. The van der Waals surface area contributed by atoms with E-state index in [1.54, 1.807) is 11.4 Å². The predicted octanol–water partition coefficient (Wildman–Crippen LogP) is 5.17. The summed E-state index contributed by atoms with van der Waals surface area (Å²) in [4.78, 5) is 3.59. The molecule has 0 saturated heterocycles. The van der Waals surface area contributed by atoms with E-state index in [0.29, 0.717) is 6.07 Å². The number of nitrogens with zero attached hydrogens (tertiary/aromatic N) is 4. The van der Waals surface area contributed by atoms with Crippen LogP contribution >= 0.6 is 11.3 Å². The van der Waals surface area contributed by atoms with Crippen molar-refractivity contribution in [1.29, 1.82) is 5.26 Å². The standard InChI is InChI=1S/C21H13F4N5O3S2/c1-30-15(10-18(28-30)21(23,24)25)14-3-2-4-17(19(14)22)33-16-6-5-13(9-12(16)11-26)35(31,32)29-20-27-7-8-34-20/h2-10H,1H3,(H,27,29). The van der Waals surface area contributed by atoms with E-state index in [4.69, 9.17) is 4.74 Å². The number of ether oxygens (including phenoxy) is 1. The van der Waals surface area contributed by atoms with Crippen LogP contribution in [0, 0.1) is 17.1 Å². The highest BCUT2D eigenvalue weighted by Crippen LogP contribution is 2.36. The zero-order chi connectivity index (χ0) is 25.4. The summed E-state index contributed by atoms with van der Waals surface area (Å²) in [6.07, 6.45) is -3.29. The lowest BCUT2D eigenvalue weighted by Crippen LogP contribution is -2.13. The van der Waals surface area contributed by atoms with Gasteiger partial charge in [-0.3, -0.25) is 9.40 Å². The molecule has 8 nitrogen and oxygen atoms in total. The molecular weight excluding hydrogens is 510 g/mol. The second-order valence-electron chi connectivity index (χ2n) is 6.97. The summed E-state index contributed by atoms with van der Waals surface area (Å²) in [6, 6.07) is 9.70. The first-order valence-corrected chi connectivity index (χ1v) is 11.9. The molecule has 0 atom stereocenters. The third-order valence-corrected chi connectivity index (χ3v) is 6.82. The number of aryl methyl sites for hydroxylation is 1. The third kappa shape index (κ3) is 4.96. The van der Waals surface area contributed by atoms with Gasteiger partial charge in [0, 0.05) is 24.2 Å². The van der Waals surface area contributed by atoms with Crippen molar-refractivity contribution >= 4 is 26.5 Å². The van der Waals surface area contributed by atoms with Gasteiger partial charge in [-0.2, -0.15) is 23.5 Å². The second kappa shape index (κ2) is 9.01. The van der Waals surface area contributed by atoms with E-state index in [-0.39, 0.29) is 38.3 Å². The molecule has 0 fully saturated rings. The molecule has 0 aliphatic carbocycles. The van der Waals surface area contributed by atoms with Crippen molar-refractivity contribution in [3.05, 3.63) is 71.1 Å². The van der Waals surface area contributed by atoms with Gasteiger partial charge in [-0.25, -0.2) is 17.8 Å². The number of nitriles is 1. The van der Waals surface area contributed by atoms with Gasteiger partial charge in [-0.15, -0.1) is 11.3 Å². The van der Waals surface area contributed by atoms with Crippen LogP contribution in [-0.4, -0.2) is 23.2 Å². The Morgan fingerprint density at radius 3 is 2.57 bits per heavy atom. The molecule has 0 saturated carbocycles. The van der Waals surface area contributed by atoms with E-state index in [0.717, 1.165) is 28.2 Å². The zero-order valence-electron chi connectivity index (χ0n) is 17.5. The largest absolute Gasteiger partial charge is 0.453 e. The maximum absolute atomic E-state index is 15.2. The SMILES string of the molecule is Cn1nc(C(F)(F)F)cc1-c1cccc(Oc2ccc(S(=O)(=O)Nc3nccs3)cc2C#N)c1F. The molecule has 0 radical (unpaired) electrons. The van der Waals surface area contributed by atoms with Crippen molar-refractivity contribution < 1.29 is 30.7 Å². The summed E-state index contributed by atoms with van der Waals surface area (Å²) >= 11 is 1.06. The normalized spacial score (nSPS) is 11.8. The smallest absolute Gasteiger partial charge is 0.435 e. The van der Waals surface area contributed by atoms with E-state index in [9.17, 15) is 26.9 Å². The summed E-state index contributed by atoms with van der Waals surface area (Å²) in [6.45, 7) is 0. The van der Waals surface area contributed by atoms with Crippen LogP contribution in [-0.2, 0) is 23.2 Å². The van der Waals surface area contributed by atoms with Gasteiger partial charge in [0.05, 0.1) is 16.2 Å². The molecule has 180 valence electrons. The van der Waals surface area contributed by atoms with Crippen LogP contribution in [0.4, 0.5) is 22.7 Å². The van der Waals surface area contributed by atoms with Crippen LogP contribution in [0.1, 0.15) is 11.3 Å². The quantitative estimate of drug-likeness (QED) is 0.350. The minimum Gasteiger partial charge on any atom is -0.453 e. The van der Waals surface area contributed by atoms with Gasteiger partial charge in [-0.1, -0.05) is 6.07 Å². The van der Waals surface area contributed by atoms with Crippen molar-refractivity contribution in [3.8, 4) is 28.8 Å². The van der Waals surface area contributed by atoms with Crippen molar-refractivity contribution in [1.82, 2.24) is 14.8 Å². The van der Waals surface area contributed by atoms with Gasteiger partial charge in [-0.05, 0) is 36.4 Å². The Balaban J connectivity index is 1.66. The van der Waals surface area contributed by atoms with Crippen molar-refractivity contribution in [3.63, 3.8) is 0 Å². The molecule has 2 aromatic carbocycles. The van der Waals surface area contributed by atoms with E-state index in [1.165, 1.54) is 37.5 Å². The third-order valence-electron chi connectivity index (χ3n) is 4.67. The molecule has 0 spiro atoms. The Labute approximate surface area is 200 Å². The number of thiazole rings is 1. The molecular formula is C21H13F4N5O3S2. The first-order valence-electron chi connectivity index (χ1n) is 9.54. The second-order valence-corrected chi connectivity index (χ2v) is 9.55. The maximum Gasteiger partial charge on any atom is 0.435 e. The van der Waals surface area contributed by atoms with Gasteiger partial charge in [0.25, 0.3) is 10.0 Å². The van der Waals surface area contributed by atoms with Crippen molar-refractivity contribution in [2.45, 2.75) is 11.1 Å². The summed E-state index contributed by atoms with van der Waals surface area (Å²) < 4.78 is 88.0. The maximum atomic E-state index is 15.2. The van der Waals surface area contributed by atoms with Gasteiger partial charge in [0.1, 0.15) is 11.8 Å². The van der Waals surface area contributed by atoms with E-state index < -0.39 is 27.7 Å². The summed E-state index contributed by atoms with van der Waals surface area (Å²) in [5, 5.41) is 14.6. The fourth-order valence-corrected chi connectivity index (χ4v) is 4.88. The minimum absolute atomic E-state index is 0.131. The highest BCUT2D eigenvalue weighted by atomic mass is 32.2. The van der Waals surface area contributed by atoms with E-state index in [2.05, 4.69) is 14.8 Å². The van der Waals surface area contributed by atoms with Gasteiger partial charge in [0.2, 0.25) is 0 Å². The number of hydrogen-bond acceptors (Lipinski definition) is 7. The van der Waals surface area contributed by atoms with Gasteiger partial charge in [0.15, 0.2) is 22.4 Å². The lowest BCUT2D eigenvalue weighted by molar-refractivity contribution is -0.141. The Morgan fingerprint density at radius 2 is 1.94 bits per heavy atom. The van der Waals surface area contributed by atoms with Crippen LogP contribution in [0.3, 0.4) is 0 Å². The van der Waals surface area contributed by atoms with E-state index in [1.807, 2.05) is 0 Å². The number of benzene rings is 2. The molecule has 0 bridgehead atoms. The molecule has 4 rings (SSSR count). The van der Waals surface area contributed by atoms with E-state index >= 15 is 4.39 Å². The molecule has 35 heavy (non-hydrogen) atoms. The Hall–Kier alpha value is -3.96. The lowest BCUT2D eigenvalue weighted by atomic mass is 10.1. The van der Waals surface area contributed by atoms with Gasteiger partial charge >= 0.3 is 6.18 Å². The highest BCUT2D eigenvalue weighted by Gasteiger charge is 2.35. The number of nitrogens with one attached hydrogen (secondary N) is 1. The topological polar surface area (TPSA) is 110 Å². The number of rotatable bonds is 6. The Kier molecular flexibility index (Phi) is 6.22. The minimum atomic E-state index is -4.71. The first-order chi connectivity index (χ1) is 16.5. The Morgan fingerprint density at radius 1 is 1.17 bits per heavy atom. The highest BCUT2D eigenvalue weighted by molar-refractivity contribution is 7.93. The number of sulfonamides is 1. The summed E-state index contributed by atoms with van der Waals surface area (Å²) in [7, 11) is -2.82. The van der Waals surface area contributed by atoms with Gasteiger partial charge < -0.3 is 4.74 Å². The molecule has 0 unspecified atom stereocenters. The molecule has 14 heteroatoms. The number of aromatic nitrogens is 3. The monoisotopic (exact) mass is 523 g/mol. The van der Waals surface area contributed by atoms with Crippen LogP contribution in [0.25, 0.3) is 11.3 Å². The lowest BCUT2D eigenvalue weighted by Gasteiger charge is -2.12. The van der Waals surface area contributed by atoms with Crippen LogP contribution in [0.5, 0.6) is 11.5 Å². The molecule has 2 heterocycles. The number of anilines is 1. The number of alkyl halides is 3.